The fraction of sp³-hybridized carbons (Fsp3) is 0.448. The highest BCUT2D eigenvalue weighted by Crippen LogP contribution is 2.38. The Morgan fingerprint density at radius 2 is 1.74 bits per heavy atom. The number of nitrogens with one attached hydrogen (secondary N) is 1. The molecule has 1 N–H and O–H groups in total. The second-order valence-electron chi connectivity index (χ2n) is 9.48. The molecule has 1 aliphatic carbocycles. The zero-order chi connectivity index (χ0) is 26.9. The van der Waals surface area contributed by atoms with Crippen LogP contribution in [0, 0.1) is 5.92 Å². The first-order chi connectivity index (χ1) is 18.5. The van der Waals surface area contributed by atoms with E-state index in [-0.39, 0.29) is 24.3 Å². The molecule has 2 unspecified atom stereocenters. The van der Waals surface area contributed by atoms with Crippen LogP contribution < -0.4 is 15.0 Å². The van der Waals surface area contributed by atoms with E-state index in [2.05, 4.69) is 26.9 Å². The van der Waals surface area contributed by atoms with Crippen molar-refractivity contribution in [2.45, 2.75) is 57.2 Å². The summed E-state index contributed by atoms with van der Waals surface area (Å²) >= 11 is 1.74. The van der Waals surface area contributed by atoms with E-state index in [0.717, 1.165) is 35.7 Å². The highest BCUT2D eigenvalue weighted by Gasteiger charge is 2.36. The SMILES string of the molecule is CCN(C1=NC(=O)C2CCCCCCC2S1)c1ccc(OCC(=O)NCc2ccc(C(=O)OC)cc2)cc1. The van der Waals surface area contributed by atoms with Gasteiger partial charge in [0.15, 0.2) is 11.8 Å². The van der Waals surface area contributed by atoms with Gasteiger partial charge in [0.25, 0.3) is 11.8 Å². The van der Waals surface area contributed by atoms with Crippen molar-refractivity contribution in [2.75, 3.05) is 25.2 Å². The Bertz CT molecular complexity index is 1150. The van der Waals surface area contributed by atoms with Crippen LogP contribution in [0.2, 0.25) is 0 Å². The van der Waals surface area contributed by atoms with Crippen molar-refractivity contribution in [1.29, 1.82) is 0 Å². The van der Waals surface area contributed by atoms with Gasteiger partial charge >= 0.3 is 5.97 Å². The summed E-state index contributed by atoms with van der Waals surface area (Å²) in [6.07, 6.45) is 6.74. The third kappa shape index (κ3) is 7.16. The van der Waals surface area contributed by atoms with E-state index in [1.54, 1.807) is 36.0 Å². The number of anilines is 1. The number of ether oxygens (including phenoxy) is 2. The van der Waals surface area contributed by atoms with E-state index in [0.29, 0.717) is 29.7 Å². The number of aliphatic imine (C=N–C) groups is 1. The minimum Gasteiger partial charge on any atom is -0.484 e. The van der Waals surface area contributed by atoms with Gasteiger partial charge < -0.3 is 19.7 Å². The topological polar surface area (TPSA) is 97.3 Å². The van der Waals surface area contributed by atoms with Crippen molar-refractivity contribution in [1.82, 2.24) is 5.32 Å². The van der Waals surface area contributed by atoms with Crippen LogP contribution in [-0.2, 0) is 20.9 Å². The van der Waals surface area contributed by atoms with Crippen LogP contribution >= 0.6 is 11.8 Å². The van der Waals surface area contributed by atoms with Crippen LogP contribution in [0.4, 0.5) is 5.69 Å². The maximum absolute atomic E-state index is 12.9. The molecule has 0 radical (unpaired) electrons. The highest BCUT2D eigenvalue weighted by atomic mass is 32.2. The van der Waals surface area contributed by atoms with Crippen LogP contribution in [0.5, 0.6) is 5.75 Å². The van der Waals surface area contributed by atoms with Crippen molar-refractivity contribution in [3.63, 3.8) is 0 Å². The summed E-state index contributed by atoms with van der Waals surface area (Å²) in [7, 11) is 1.34. The number of fused-ring (bicyclic) bond motifs is 1. The molecule has 0 saturated heterocycles. The maximum Gasteiger partial charge on any atom is 0.337 e. The molecule has 2 aromatic carbocycles. The predicted molar refractivity (Wildman–Crippen MR) is 150 cm³/mol. The number of amides is 2. The van der Waals surface area contributed by atoms with Crippen LogP contribution in [0.1, 0.15) is 61.4 Å². The second kappa shape index (κ2) is 13.5. The normalized spacial score (nSPS) is 19.3. The minimum absolute atomic E-state index is 0.0227. The molecular weight excluding hydrogens is 502 g/mol. The number of methoxy groups -OCH3 is 1. The third-order valence-electron chi connectivity index (χ3n) is 6.91. The number of amidine groups is 1. The summed E-state index contributed by atoms with van der Waals surface area (Å²) in [4.78, 5) is 43.2. The summed E-state index contributed by atoms with van der Waals surface area (Å²) in [5.74, 6) is 0.00126. The second-order valence-corrected chi connectivity index (χ2v) is 10.7. The smallest absolute Gasteiger partial charge is 0.337 e. The van der Waals surface area contributed by atoms with Gasteiger partial charge in [-0.1, -0.05) is 49.6 Å². The first-order valence-corrected chi connectivity index (χ1v) is 14.1. The Labute approximate surface area is 228 Å². The van der Waals surface area contributed by atoms with E-state index >= 15 is 0 Å². The van der Waals surface area contributed by atoms with Crippen LogP contribution in [0.3, 0.4) is 0 Å². The Morgan fingerprint density at radius 1 is 1.03 bits per heavy atom. The van der Waals surface area contributed by atoms with E-state index < -0.39 is 5.97 Å². The van der Waals surface area contributed by atoms with Gasteiger partial charge in [0.05, 0.1) is 18.6 Å². The molecule has 9 heteroatoms. The molecule has 38 heavy (non-hydrogen) atoms. The number of hydrogen-bond donors (Lipinski definition) is 1. The van der Waals surface area contributed by atoms with Crippen molar-refractivity contribution < 1.29 is 23.9 Å². The molecule has 1 heterocycles. The van der Waals surface area contributed by atoms with Crippen molar-refractivity contribution in [3.05, 3.63) is 59.7 Å². The fourth-order valence-corrected chi connectivity index (χ4v) is 6.24. The van der Waals surface area contributed by atoms with Crippen molar-refractivity contribution in [2.24, 2.45) is 10.9 Å². The lowest BCUT2D eigenvalue weighted by atomic mass is 9.90. The molecule has 1 aliphatic heterocycles. The van der Waals surface area contributed by atoms with E-state index in [4.69, 9.17) is 4.74 Å². The molecule has 2 aromatic rings. The van der Waals surface area contributed by atoms with Gasteiger partial charge in [0.2, 0.25) is 0 Å². The van der Waals surface area contributed by atoms with Gasteiger partial charge in [0.1, 0.15) is 5.75 Å². The fourth-order valence-electron chi connectivity index (χ4n) is 4.76. The summed E-state index contributed by atoms with van der Waals surface area (Å²) in [6.45, 7) is 2.96. The Hall–Kier alpha value is -3.33. The van der Waals surface area contributed by atoms with Gasteiger partial charge in [-0.3, -0.25) is 9.59 Å². The number of carbonyl (C=O) groups excluding carboxylic acids is 3. The molecule has 4 rings (SSSR count). The zero-order valence-electron chi connectivity index (χ0n) is 22.0. The van der Waals surface area contributed by atoms with Crippen molar-refractivity contribution >= 4 is 40.4 Å². The van der Waals surface area contributed by atoms with Crippen LogP contribution in [-0.4, -0.2) is 48.5 Å². The molecule has 2 atom stereocenters. The molecule has 2 aliphatic rings. The number of nitrogens with zero attached hydrogens (tertiary/aromatic N) is 2. The number of rotatable bonds is 8. The number of hydrogen-bond acceptors (Lipinski definition) is 7. The Balaban J connectivity index is 1.29. The minimum atomic E-state index is -0.398. The number of esters is 1. The van der Waals surface area contributed by atoms with Crippen LogP contribution in [0.15, 0.2) is 53.5 Å². The molecule has 0 bridgehead atoms. The molecule has 1 saturated carbocycles. The lowest BCUT2D eigenvalue weighted by Gasteiger charge is -2.34. The van der Waals surface area contributed by atoms with Crippen molar-refractivity contribution in [3.8, 4) is 5.75 Å². The van der Waals surface area contributed by atoms with Crippen LogP contribution in [0.25, 0.3) is 0 Å². The summed E-state index contributed by atoms with van der Waals surface area (Å²) in [5.41, 5.74) is 2.26. The first kappa shape index (κ1) is 27.7. The first-order valence-electron chi connectivity index (χ1n) is 13.2. The van der Waals surface area contributed by atoms with Gasteiger partial charge in [-0.05, 0) is 61.7 Å². The molecule has 2 amide bonds. The molecule has 1 fully saturated rings. The van der Waals surface area contributed by atoms with Gasteiger partial charge in [-0.25, -0.2) is 4.79 Å². The predicted octanol–water partition coefficient (Wildman–Crippen LogP) is 4.96. The van der Waals surface area contributed by atoms with Gasteiger partial charge in [-0.15, -0.1) is 0 Å². The Morgan fingerprint density at radius 3 is 2.42 bits per heavy atom. The molecule has 8 nitrogen and oxygen atoms in total. The average Bonchev–Trinajstić information content (AvgIpc) is 2.92. The largest absolute Gasteiger partial charge is 0.484 e. The van der Waals surface area contributed by atoms with E-state index in [1.165, 1.54) is 26.4 Å². The number of benzene rings is 2. The summed E-state index contributed by atoms with van der Waals surface area (Å²) in [5, 5.41) is 3.88. The lowest BCUT2D eigenvalue weighted by molar-refractivity contribution is -0.123. The molecular formula is C29H35N3O5S. The number of carbonyl (C=O) groups is 3. The monoisotopic (exact) mass is 537 g/mol. The average molecular weight is 538 g/mol. The third-order valence-corrected chi connectivity index (χ3v) is 8.30. The summed E-state index contributed by atoms with van der Waals surface area (Å²) < 4.78 is 10.4. The lowest BCUT2D eigenvalue weighted by Crippen LogP contribution is -2.39. The standard InChI is InChI=1S/C29H35N3O5S/c1-3-32(29-31-27(34)24-8-6-4-5-7-9-25(24)38-29)22-14-16-23(17-15-22)37-19-26(33)30-18-20-10-12-21(13-11-20)28(35)36-2/h10-17,24-25H,3-9,18-19H2,1-2H3,(H,30,33). The quantitative estimate of drug-likeness (QED) is 0.475. The molecule has 0 aromatic heterocycles. The van der Waals surface area contributed by atoms with Gasteiger partial charge in [-0.2, -0.15) is 4.99 Å². The molecule has 0 spiro atoms. The number of thioether (sulfide) groups is 1. The zero-order valence-corrected chi connectivity index (χ0v) is 22.8. The Kier molecular flexibility index (Phi) is 9.81. The van der Waals surface area contributed by atoms with E-state index in [9.17, 15) is 14.4 Å². The van der Waals surface area contributed by atoms with Gasteiger partial charge in [0, 0.05) is 24.0 Å². The molecule has 202 valence electrons. The summed E-state index contributed by atoms with van der Waals surface area (Å²) in [6, 6.07) is 14.4. The maximum atomic E-state index is 12.9. The highest BCUT2D eigenvalue weighted by molar-refractivity contribution is 8.14. The van der Waals surface area contributed by atoms with E-state index in [1.807, 2.05) is 24.3 Å².